The van der Waals surface area contributed by atoms with Crippen LogP contribution in [0.3, 0.4) is 0 Å². The Morgan fingerprint density at radius 2 is 2.00 bits per heavy atom. The number of aliphatic carboxylic acids is 1. The molecule has 0 spiro atoms. The fourth-order valence-electron chi connectivity index (χ4n) is 2.74. The van der Waals surface area contributed by atoms with Crippen molar-refractivity contribution in [2.75, 3.05) is 13.1 Å². The molecule has 1 amide bonds. The first-order valence-corrected chi connectivity index (χ1v) is 7.25. The molecule has 1 heterocycles. The Balaban J connectivity index is 1.94. The van der Waals surface area contributed by atoms with Gasteiger partial charge < -0.3 is 10.0 Å². The van der Waals surface area contributed by atoms with Crippen molar-refractivity contribution in [3.8, 4) is 0 Å². The molecule has 1 aliphatic rings. The highest BCUT2D eigenvalue weighted by molar-refractivity contribution is 5.94. The number of hydrogen-bond acceptors (Lipinski definition) is 2. The molecule has 0 bridgehead atoms. The lowest BCUT2D eigenvalue weighted by molar-refractivity contribution is -0.137. The Kier molecular flexibility index (Phi) is 4.94. The molecule has 1 fully saturated rings. The molecule has 1 aromatic carbocycles. The van der Waals surface area contributed by atoms with Crippen LogP contribution in [0.4, 0.5) is 4.39 Å². The summed E-state index contributed by atoms with van der Waals surface area (Å²) in [6.07, 6.45) is 2.39. The number of nitrogens with zero attached hydrogens (tertiary/aromatic N) is 1. The summed E-state index contributed by atoms with van der Waals surface area (Å²) in [4.78, 5) is 24.6. The summed E-state index contributed by atoms with van der Waals surface area (Å²) in [5, 5.41) is 8.68. The van der Waals surface area contributed by atoms with Crippen LogP contribution in [-0.4, -0.2) is 35.0 Å². The second kappa shape index (κ2) is 6.70. The van der Waals surface area contributed by atoms with E-state index in [1.807, 2.05) is 0 Å². The highest BCUT2D eigenvalue weighted by Crippen LogP contribution is 2.24. The van der Waals surface area contributed by atoms with Gasteiger partial charge in [0.1, 0.15) is 5.82 Å². The summed E-state index contributed by atoms with van der Waals surface area (Å²) in [7, 11) is 0. The number of rotatable bonds is 4. The number of carbonyl (C=O) groups is 2. The van der Waals surface area contributed by atoms with Gasteiger partial charge in [-0.3, -0.25) is 9.59 Å². The Labute approximate surface area is 123 Å². The summed E-state index contributed by atoms with van der Waals surface area (Å²) in [6, 6.07) is 4.84. The molecule has 4 nitrogen and oxygen atoms in total. The van der Waals surface area contributed by atoms with Crippen molar-refractivity contribution >= 4 is 11.9 Å². The molecular weight excluding hydrogens is 273 g/mol. The molecule has 2 rings (SSSR count). The maximum Gasteiger partial charge on any atom is 0.303 e. The monoisotopic (exact) mass is 293 g/mol. The van der Waals surface area contributed by atoms with E-state index in [4.69, 9.17) is 5.11 Å². The maximum atomic E-state index is 14.0. The fraction of sp³-hybridized carbons (Fsp3) is 0.500. The zero-order chi connectivity index (χ0) is 15.4. The third-order valence-corrected chi connectivity index (χ3v) is 4.09. The molecule has 5 heteroatoms. The van der Waals surface area contributed by atoms with Crippen molar-refractivity contribution in [1.82, 2.24) is 4.90 Å². The van der Waals surface area contributed by atoms with Gasteiger partial charge in [0.25, 0.3) is 5.91 Å². The number of benzene rings is 1. The van der Waals surface area contributed by atoms with Crippen molar-refractivity contribution in [2.45, 2.75) is 32.6 Å². The van der Waals surface area contributed by atoms with Crippen molar-refractivity contribution in [2.24, 2.45) is 5.92 Å². The molecule has 0 unspecified atom stereocenters. The summed E-state index contributed by atoms with van der Waals surface area (Å²) in [5.41, 5.74) is 0.594. The van der Waals surface area contributed by atoms with Gasteiger partial charge in [0, 0.05) is 19.5 Å². The van der Waals surface area contributed by atoms with Gasteiger partial charge in [0.15, 0.2) is 0 Å². The zero-order valence-corrected chi connectivity index (χ0v) is 12.1. The molecule has 0 radical (unpaired) electrons. The first kappa shape index (κ1) is 15.5. The highest BCUT2D eigenvalue weighted by Gasteiger charge is 2.25. The molecule has 21 heavy (non-hydrogen) atoms. The standard InChI is InChI=1S/C16H20FNO3/c1-11-3-2-4-13(15(11)17)16(21)18-9-7-12(8-10-18)5-6-14(19)20/h2-4,12H,5-10H2,1H3,(H,19,20). The average molecular weight is 293 g/mol. The normalized spacial score (nSPS) is 16.0. The average Bonchev–Trinajstić information content (AvgIpc) is 2.48. The van der Waals surface area contributed by atoms with E-state index in [1.54, 1.807) is 24.0 Å². The molecular formula is C16H20FNO3. The van der Waals surface area contributed by atoms with Crippen molar-refractivity contribution in [3.63, 3.8) is 0 Å². The third kappa shape index (κ3) is 3.80. The molecule has 0 saturated carbocycles. The van der Waals surface area contributed by atoms with Gasteiger partial charge >= 0.3 is 5.97 Å². The lowest BCUT2D eigenvalue weighted by Crippen LogP contribution is -2.39. The summed E-state index contributed by atoms with van der Waals surface area (Å²) < 4.78 is 14.0. The lowest BCUT2D eigenvalue weighted by Gasteiger charge is -2.32. The molecule has 0 aliphatic carbocycles. The highest BCUT2D eigenvalue weighted by atomic mass is 19.1. The second-order valence-electron chi connectivity index (χ2n) is 5.60. The van der Waals surface area contributed by atoms with Crippen LogP contribution >= 0.6 is 0 Å². The summed E-state index contributed by atoms with van der Waals surface area (Å²) in [5.74, 6) is -1.16. The molecule has 1 aromatic rings. The quantitative estimate of drug-likeness (QED) is 0.928. The van der Waals surface area contributed by atoms with E-state index in [2.05, 4.69) is 0 Å². The Morgan fingerprint density at radius 1 is 1.33 bits per heavy atom. The van der Waals surface area contributed by atoms with Crippen LogP contribution in [-0.2, 0) is 4.79 Å². The van der Waals surface area contributed by atoms with E-state index >= 15 is 0 Å². The number of likely N-dealkylation sites (tertiary alicyclic amines) is 1. The van der Waals surface area contributed by atoms with E-state index < -0.39 is 11.8 Å². The summed E-state index contributed by atoms with van der Waals surface area (Å²) >= 11 is 0. The van der Waals surface area contributed by atoms with Crippen LogP contribution in [0.15, 0.2) is 18.2 Å². The molecule has 114 valence electrons. The number of halogens is 1. The van der Waals surface area contributed by atoms with E-state index in [9.17, 15) is 14.0 Å². The fourth-order valence-corrected chi connectivity index (χ4v) is 2.74. The van der Waals surface area contributed by atoms with Crippen LogP contribution in [0, 0.1) is 18.7 Å². The lowest BCUT2D eigenvalue weighted by atomic mass is 9.92. The molecule has 1 aliphatic heterocycles. The Hall–Kier alpha value is -1.91. The SMILES string of the molecule is Cc1cccc(C(=O)N2CCC(CCC(=O)O)CC2)c1F. The number of piperidine rings is 1. The topological polar surface area (TPSA) is 57.6 Å². The zero-order valence-electron chi connectivity index (χ0n) is 12.1. The minimum atomic E-state index is -0.782. The molecule has 0 aromatic heterocycles. The van der Waals surface area contributed by atoms with E-state index in [1.165, 1.54) is 6.07 Å². The number of carbonyl (C=O) groups excluding carboxylic acids is 1. The predicted molar refractivity (Wildman–Crippen MR) is 76.6 cm³/mol. The van der Waals surface area contributed by atoms with E-state index in [-0.39, 0.29) is 17.9 Å². The van der Waals surface area contributed by atoms with Gasteiger partial charge in [-0.2, -0.15) is 0 Å². The number of carboxylic acid groups (broad SMARTS) is 1. The Morgan fingerprint density at radius 3 is 2.62 bits per heavy atom. The van der Waals surface area contributed by atoms with Crippen LogP contribution < -0.4 is 0 Å². The second-order valence-corrected chi connectivity index (χ2v) is 5.60. The van der Waals surface area contributed by atoms with E-state index in [0.29, 0.717) is 31.0 Å². The number of carboxylic acids is 1. The van der Waals surface area contributed by atoms with Crippen LogP contribution in [0.5, 0.6) is 0 Å². The van der Waals surface area contributed by atoms with Crippen LogP contribution in [0.1, 0.15) is 41.6 Å². The predicted octanol–water partition coefficient (Wildman–Crippen LogP) is 2.85. The minimum Gasteiger partial charge on any atom is -0.481 e. The van der Waals surface area contributed by atoms with E-state index in [0.717, 1.165) is 12.8 Å². The smallest absolute Gasteiger partial charge is 0.303 e. The van der Waals surface area contributed by atoms with Crippen LogP contribution in [0.25, 0.3) is 0 Å². The maximum absolute atomic E-state index is 14.0. The van der Waals surface area contributed by atoms with Gasteiger partial charge in [-0.05, 0) is 43.7 Å². The van der Waals surface area contributed by atoms with Crippen molar-refractivity contribution in [3.05, 3.63) is 35.1 Å². The van der Waals surface area contributed by atoms with Gasteiger partial charge in [-0.1, -0.05) is 12.1 Å². The van der Waals surface area contributed by atoms with Gasteiger partial charge in [0.05, 0.1) is 5.56 Å². The first-order chi connectivity index (χ1) is 9.99. The molecule has 1 saturated heterocycles. The van der Waals surface area contributed by atoms with Gasteiger partial charge in [-0.25, -0.2) is 4.39 Å². The number of amides is 1. The molecule has 0 atom stereocenters. The largest absolute Gasteiger partial charge is 0.481 e. The van der Waals surface area contributed by atoms with Gasteiger partial charge in [0.2, 0.25) is 0 Å². The summed E-state index contributed by atoms with van der Waals surface area (Å²) in [6.45, 7) is 2.78. The van der Waals surface area contributed by atoms with Crippen molar-refractivity contribution in [1.29, 1.82) is 0 Å². The first-order valence-electron chi connectivity index (χ1n) is 7.25. The Bertz CT molecular complexity index is 536. The number of hydrogen-bond donors (Lipinski definition) is 1. The number of aryl methyl sites for hydroxylation is 1. The van der Waals surface area contributed by atoms with Gasteiger partial charge in [-0.15, -0.1) is 0 Å². The molecule has 1 N–H and O–H groups in total. The van der Waals surface area contributed by atoms with Crippen molar-refractivity contribution < 1.29 is 19.1 Å². The van der Waals surface area contributed by atoms with Crippen LogP contribution in [0.2, 0.25) is 0 Å². The minimum absolute atomic E-state index is 0.124. The third-order valence-electron chi connectivity index (χ3n) is 4.09.